The van der Waals surface area contributed by atoms with Crippen LogP contribution in [0.15, 0.2) is 42.5 Å². The largest absolute Gasteiger partial charge is 0.496 e. The summed E-state index contributed by atoms with van der Waals surface area (Å²) in [4.78, 5) is 0. The molecule has 0 aliphatic rings. The molecule has 2 rings (SSSR count). The molecule has 0 aromatic heterocycles. The monoisotopic (exact) mass is 256 g/mol. The predicted octanol–water partition coefficient (Wildman–Crippen LogP) is 3.32. The lowest BCUT2D eigenvalue weighted by atomic mass is 10.1. The van der Waals surface area contributed by atoms with Crippen LogP contribution in [0.1, 0.15) is 11.1 Å². The van der Waals surface area contributed by atoms with Crippen LogP contribution in [0.3, 0.4) is 0 Å². The number of anilines is 1. The van der Waals surface area contributed by atoms with Crippen LogP contribution >= 0.6 is 0 Å². The van der Waals surface area contributed by atoms with E-state index in [1.807, 2.05) is 30.3 Å². The number of para-hydroxylation sites is 1. The molecule has 0 atom stereocenters. The van der Waals surface area contributed by atoms with E-state index in [2.05, 4.69) is 5.32 Å². The van der Waals surface area contributed by atoms with E-state index in [9.17, 15) is 4.39 Å². The smallest absolute Gasteiger partial charge is 0.147 e. The molecule has 0 heterocycles. The molecule has 0 fully saturated rings. The Bertz CT molecular complexity index is 620. The van der Waals surface area contributed by atoms with Crippen molar-refractivity contribution in [3.8, 4) is 11.8 Å². The van der Waals surface area contributed by atoms with E-state index in [0.717, 1.165) is 11.3 Å². The Balaban J connectivity index is 2.13. The van der Waals surface area contributed by atoms with Crippen LogP contribution < -0.4 is 10.1 Å². The molecule has 2 aromatic rings. The standard InChI is InChI=1S/C15H13FN2O/c1-19-15-5-3-2-4-12(15)10-18-14-7-6-11(9-17)8-13(14)16/h2-8,18H,10H2,1H3. The molecule has 2 aromatic carbocycles. The minimum Gasteiger partial charge on any atom is -0.496 e. The lowest BCUT2D eigenvalue weighted by Gasteiger charge is -2.11. The normalized spacial score (nSPS) is 9.74. The lowest BCUT2D eigenvalue weighted by Crippen LogP contribution is -2.03. The minimum atomic E-state index is -0.436. The van der Waals surface area contributed by atoms with E-state index in [1.54, 1.807) is 19.2 Å². The minimum absolute atomic E-state index is 0.306. The molecule has 0 radical (unpaired) electrons. The van der Waals surface area contributed by atoms with E-state index in [4.69, 9.17) is 10.00 Å². The van der Waals surface area contributed by atoms with Gasteiger partial charge in [0, 0.05) is 12.1 Å². The third-order valence-electron chi connectivity index (χ3n) is 2.76. The van der Waals surface area contributed by atoms with Gasteiger partial charge in [-0.1, -0.05) is 18.2 Å². The summed E-state index contributed by atoms with van der Waals surface area (Å²) in [5.74, 6) is 0.318. The van der Waals surface area contributed by atoms with Gasteiger partial charge >= 0.3 is 0 Å². The van der Waals surface area contributed by atoms with Gasteiger partial charge in [-0.15, -0.1) is 0 Å². The van der Waals surface area contributed by atoms with Gasteiger partial charge in [-0.2, -0.15) is 5.26 Å². The molecule has 0 saturated heterocycles. The molecule has 4 heteroatoms. The number of nitriles is 1. The fourth-order valence-corrected chi connectivity index (χ4v) is 1.77. The Morgan fingerprint density at radius 2 is 2.05 bits per heavy atom. The second kappa shape index (κ2) is 5.87. The first kappa shape index (κ1) is 12.9. The van der Waals surface area contributed by atoms with Crippen LogP contribution in [0.5, 0.6) is 5.75 Å². The van der Waals surface area contributed by atoms with Gasteiger partial charge in [0.15, 0.2) is 0 Å². The van der Waals surface area contributed by atoms with E-state index in [1.165, 1.54) is 6.07 Å². The van der Waals surface area contributed by atoms with Crippen molar-refractivity contribution in [2.75, 3.05) is 12.4 Å². The van der Waals surface area contributed by atoms with E-state index in [0.29, 0.717) is 17.8 Å². The van der Waals surface area contributed by atoms with Crippen molar-refractivity contribution in [3.63, 3.8) is 0 Å². The van der Waals surface area contributed by atoms with Crippen molar-refractivity contribution in [3.05, 3.63) is 59.4 Å². The predicted molar refractivity (Wildman–Crippen MR) is 71.4 cm³/mol. The number of ether oxygens (including phenoxy) is 1. The van der Waals surface area contributed by atoms with Crippen molar-refractivity contribution in [2.45, 2.75) is 6.54 Å². The molecule has 0 unspecified atom stereocenters. The quantitative estimate of drug-likeness (QED) is 0.912. The molecule has 0 saturated carbocycles. The van der Waals surface area contributed by atoms with E-state index in [-0.39, 0.29) is 0 Å². The first-order valence-electron chi connectivity index (χ1n) is 5.80. The van der Waals surface area contributed by atoms with Crippen LogP contribution in [0.2, 0.25) is 0 Å². The Kier molecular flexibility index (Phi) is 3.99. The van der Waals surface area contributed by atoms with Crippen molar-refractivity contribution < 1.29 is 9.13 Å². The zero-order chi connectivity index (χ0) is 13.7. The fourth-order valence-electron chi connectivity index (χ4n) is 1.77. The topological polar surface area (TPSA) is 45.0 Å². The van der Waals surface area contributed by atoms with Gasteiger partial charge in [0.25, 0.3) is 0 Å². The average molecular weight is 256 g/mol. The zero-order valence-corrected chi connectivity index (χ0v) is 10.5. The maximum Gasteiger partial charge on any atom is 0.147 e. The van der Waals surface area contributed by atoms with Crippen LogP contribution in [-0.4, -0.2) is 7.11 Å². The number of benzene rings is 2. The second-order valence-corrected chi connectivity index (χ2v) is 3.97. The molecule has 0 amide bonds. The lowest BCUT2D eigenvalue weighted by molar-refractivity contribution is 0.410. The zero-order valence-electron chi connectivity index (χ0n) is 10.5. The Morgan fingerprint density at radius 1 is 1.26 bits per heavy atom. The van der Waals surface area contributed by atoms with Crippen molar-refractivity contribution in [1.82, 2.24) is 0 Å². The molecule has 1 N–H and O–H groups in total. The van der Waals surface area contributed by atoms with Crippen molar-refractivity contribution >= 4 is 5.69 Å². The highest BCUT2D eigenvalue weighted by Crippen LogP contribution is 2.20. The third kappa shape index (κ3) is 3.02. The molecular weight excluding hydrogens is 243 g/mol. The molecule has 3 nitrogen and oxygen atoms in total. The summed E-state index contributed by atoms with van der Waals surface area (Å²) in [6.07, 6.45) is 0. The van der Waals surface area contributed by atoms with Gasteiger partial charge < -0.3 is 10.1 Å². The number of halogens is 1. The van der Waals surface area contributed by atoms with Gasteiger partial charge in [-0.3, -0.25) is 0 Å². The Labute approximate surface area is 111 Å². The maximum atomic E-state index is 13.7. The van der Waals surface area contributed by atoms with Crippen LogP contribution in [0.4, 0.5) is 10.1 Å². The van der Waals surface area contributed by atoms with Gasteiger partial charge in [0.2, 0.25) is 0 Å². The molecule has 0 bridgehead atoms. The van der Waals surface area contributed by atoms with Crippen molar-refractivity contribution in [2.24, 2.45) is 0 Å². The Morgan fingerprint density at radius 3 is 2.74 bits per heavy atom. The Hall–Kier alpha value is -2.54. The SMILES string of the molecule is COc1ccccc1CNc1ccc(C#N)cc1F. The highest BCUT2D eigenvalue weighted by Gasteiger charge is 2.05. The van der Waals surface area contributed by atoms with Crippen molar-refractivity contribution in [1.29, 1.82) is 5.26 Å². The summed E-state index contributed by atoms with van der Waals surface area (Å²) in [6.45, 7) is 0.451. The summed E-state index contributed by atoms with van der Waals surface area (Å²) in [7, 11) is 1.60. The summed E-state index contributed by atoms with van der Waals surface area (Å²) >= 11 is 0. The highest BCUT2D eigenvalue weighted by atomic mass is 19.1. The summed E-state index contributed by atoms with van der Waals surface area (Å²) < 4.78 is 18.9. The summed E-state index contributed by atoms with van der Waals surface area (Å²) in [5, 5.41) is 11.7. The molecule has 96 valence electrons. The van der Waals surface area contributed by atoms with Crippen LogP contribution in [-0.2, 0) is 6.54 Å². The number of hydrogen-bond acceptors (Lipinski definition) is 3. The molecule has 0 spiro atoms. The second-order valence-electron chi connectivity index (χ2n) is 3.97. The van der Waals surface area contributed by atoms with Gasteiger partial charge in [-0.05, 0) is 24.3 Å². The van der Waals surface area contributed by atoms with E-state index < -0.39 is 5.82 Å². The van der Waals surface area contributed by atoms with Gasteiger partial charge in [-0.25, -0.2) is 4.39 Å². The fraction of sp³-hybridized carbons (Fsp3) is 0.133. The number of nitrogens with zero attached hydrogens (tertiary/aromatic N) is 1. The number of rotatable bonds is 4. The maximum absolute atomic E-state index is 13.7. The molecule has 0 aliphatic carbocycles. The highest BCUT2D eigenvalue weighted by molar-refractivity contribution is 5.49. The van der Waals surface area contributed by atoms with Gasteiger partial charge in [0.1, 0.15) is 11.6 Å². The van der Waals surface area contributed by atoms with Crippen LogP contribution in [0, 0.1) is 17.1 Å². The summed E-state index contributed by atoms with van der Waals surface area (Å²) in [6, 6.07) is 13.8. The van der Waals surface area contributed by atoms with Crippen LogP contribution in [0.25, 0.3) is 0 Å². The number of nitrogens with one attached hydrogen (secondary N) is 1. The molecule has 0 aliphatic heterocycles. The number of methoxy groups -OCH3 is 1. The molecular formula is C15H13FN2O. The molecule has 19 heavy (non-hydrogen) atoms. The summed E-state index contributed by atoms with van der Waals surface area (Å²) in [5.41, 5.74) is 1.61. The number of hydrogen-bond donors (Lipinski definition) is 1. The first-order chi connectivity index (χ1) is 9.24. The van der Waals surface area contributed by atoms with Gasteiger partial charge in [0.05, 0.1) is 24.4 Å². The van der Waals surface area contributed by atoms with E-state index >= 15 is 0 Å². The first-order valence-corrected chi connectivity index (χ1v) is 5.80. The average Bonchev–Trinajstić information content (AvgIpc) is 2.46. The third-order valence-corrected chi connectivity index (χ3v) is 2.76.